The van der Waals surface area contributed by atoms with Crippen LogP contribution in [0.3, 0.4) is 0 Å². The topological polar surface area (TPSA) is 68.5 Å². The van der Waals surface area contributed by atoms with Crippen molar-refractivity contribution in [3.05, 3.63) is 35.3 Å². The SMILES string of the molecule is CCOC(=O)c1ccc(CNC(=O)CC2=CCCCC2)o1. The van der Waals surface area contributed by atoms with Crippen LogP contribution in [0, 0.1) is 0 Å². The van der Waals surface area contributed by atoms with E-state index in [1.54, 1.807) is 19.1 Å². The van der Waals surface area contributed by atoms with Gasteiger partial charge >= 0.3 is 5.97 Å². The fourth-order valence-corrected chi connectivity index (χ4v) is 2.30. The molecule has 0 bridgehead atoms. The maximum atomic E-state index is 11.8. The summed E-state index contributed by atoms with van der Waals surface area (Å²) in [6.07, 6.45) is 7.08. The second-order valence-electron chi connectivity index (χ2n) is 5.05. The van der Waals surface area contributed by atoms with Crippen molar-refractivity contribution in [1.82, 2.24) is 5.32 Å². The van der Waals surface area contributed by atoms with E-state index < -0.39 is 5.97 Å². The minimum atomic E-state index is -0.484. The second kappa shape index (κ2) is 7.67. The van der Waals surface area contributed by atoms with Gasteiger partial charge in [-0.3, -0.25) is 4.79 Å². The summed E-state index contributed by atoms with van der Waals surface area (Å²) in [5.41, 5.74) is 1.21. The molecule has 5 heteroatoms. The van der Waals surface area contributed by atoms with Crippen molar-refractivity contribution in [2.75, 3.05) is 6.61 Å². The van der Waals surface area contributed by atoms with Gasteiger partial charge in [-0.1, -0.05) is 11.6 Å². The Bertz CT molecular complexity index is 530. The highest BCUT2D eigenvalue weighted by Crippen LogP contribution is 2.19. The van der Waals surface area contributed by atoms with Gasteiger partial charge < -0.3 is 14.5 Å². The van der Waals surface area contributed by atoms with Gasteiger partial charge in [-0.15, -0.1) is 0 Å². The first-order chi connectivity index (χ1) is 10.2. The van der Waals surface area contributed by atoms with Crippen molar-refractivity contribution in [3.8, 4) is 0 Å². The van der Waals surface area contributed by atoms with Crippen LogP contribution < -0.4 is 5.32 Å². The van der Waals surface area contributed by atoms with E-state index in [0.717, 1.165) is 12.8 Å². The highest BCUT2D eigenvalue weighted by molar-refractivity contribution is 5.86. The Morgan fingerprint density at radius 3 is 2.90 bits per heavy atom. The summed E-state index contributed by atoms with van der Waals surface area (Å²) in [4.78, 5) is 23.3. The van der Waals surface area contributed by atoms with Crippen molar-refractivity contribution in [1.29, 1.82) is 0 Å². The molecule has 0 radical (unpaired) electrons. The summed E-state index contributed by atoms with van der Waals surface area (Å²) in [5, 5.41) is 2.80. The Morgan fingerprint density at radius 1 is 1.33 bits per heavy atom. The Morgan fingerprint density at radius 2 is 2.19 bits per heavy atom. The summed E-state index contributed by atoms with van der Waals surface area (Å²) in [6, 6.07) is 3.23. The van der Waals surface area contributed by atoms with E-state index in [9.17, 15) is 9.59 Å². The van der Waals surface area contributed by atoms with Crippen molar-refractivity contribution in [3.63, 3.8) is 0 Å². The molecule has 2 rings (SSSR count). The predicted octanol–water partition coefficient (Wildman–Crippen LogP) is 2.96. The third-order valence-electron chi connectivity index (χ3n) is 3.37. The first-order valence-corrected chi connectivity index (χ1v) is 7.39. The van der Waals surface area contributed by atoms with Gasteiger partial charge in [0.2, 0.25) is 11.7 Å². The molecule has 0 saturated heterocycles. The number of allylic oxidation sites excluding steroid dienone is 1. The van der Waals surface area contributed by atoms with Crippen LogP contribution in [-0.2, 0) is 16.1 Å². The number of hydrogen-bond acceptors (Lipinski definition) is 4. The van der Waals surface area contributed by atoms with Gasteiger partial charge in [0.05, 0.1) is 13.2 Å². The molecule has 1 aliphatic carbocycles. The molecule has 114 valence electrons. The van der Waals surface area contributed by atoms with Gasteiger partial charge in [0.1, 0.15) is 5.76 Å². The quantitative estimate of drug-likeness (QED) is 0.646. The number of carbonyl (C=O) groups excluding carboxylic acids is 2. The van der Waals surface area contributed by atoms with Crippen LogP contribution in [0.15, 0.2) is 28.2 Å². The monoisotopic (exact) mass is 291 g/mol. The second-order valence-corrected chi connectivity index (χ2v) is 5.05. The molecule has 21 heavy (non-hydrogen) atoms. The molecular weight excluding hydrogens is 270 g/mol. The molecule has 0 aliphatic heterocycles. The van der Waals surface area contributed by atoms with E-state index >= 15 is 0 Å². The van der Waals surface area contributed by atoms with E-state index in [1.807, 2.05) is 0 Å². The number of ether oxygens (including phenoxy) is 1. The molecule has 1 heterocycles. The number of amides is 1. The standard InChI is InChI=1S/C16H21NO4/c1-2-20-16(19)14-9-8-13(21-14)11-17-15(18)10-12-6-4-3-5-7-12/h6,8-9H,2-5,7,10-11H2,1H3,(H,17,18). The highest BCUT2D eigenvalue weighted by Gasteiger charge is 2.13. The van der Waals surface area contributed by atoms with Crippen LogP contribution >= 0.6 is 0 Å². The van der Waals surface area contributed by atoms with E-state index in [1.165, 1.54) is 18.4 Å². The van der Waals surface area contributed by atoms with Gasteiger partial charge in [0.25, 0.3) is 0 Å². The lowest BCUT2D eigenvalue weighted by Gasteiger charge is -2.12. The lowest BCUT2D eigenvalue weighted by molar-refractivity contribution is -0.120. The first kappa shape index (κ1) is 15.4. The first-order valence-electron chi connectivity index (χ1n) is 7.39. The molecule has 0 saturated carbocycles. The molecule has 0 spiro atoms. The lowest BCUT2D eigenvalue weighted by Crippen LogP contribution is -2.23. The number of esters is 1. The number of rotatable bonds is 6. The molecule has 0 unspecified atom stereocenters. The summed E-state index contributed by atoms with van der Waals surface area (Å²) in [5.74, 6) is 0.208. The van der Waals surface area contributed by atoms with Gasteiger partial charge in [0, 0.05) is 6.42 Å². The zero-order chi connectivity index (χ0) is 15.1. The van der Waals surface area contributed by atoms with E-state index in [4.69, 9.17) is 9.15 Å². The molecule has 0 aromatic carbocycles. The molecule has 1 aromatic heterocycles. The maximum absolute atomic E-state index is 11.8. The Kier molecular flexibility index (Phi) is 5.60. The van der Waals surface area contributed by atoms with Gasteiger partial charge in [-0.2, -0.15) is 0 Å². The molecule has 1 N–H and O–H groups in total. The number of hydrogen-bond donors (Lipinski definition) is 1. The zero-order valence-electron chi connectivity index (χ0n) is 12.3. The summed E-state index contributed by atoms with van der Waals surface area (Å²) in [7, 11) is 0. The van der Waals surface area contributed by atoms with Gasteiger partial charge in [0.15, 0.2) is 0 Å². The molecule has 1 aromatic rings. The van der Waals surface area contributed by atoms with Crippen molar-refractivity contribution in [2.24, 2.45) is 0 Å². The smallest absolute Gasteiger partial charge is 0.374 e. The summed E-state index contributed by atoms with van der Waals surface area (Å²) in [6.45, 7) is 2.33. The zero-order valence-corrected chi connectivity index (χ0v) is 12.3. The third-order valence-corrected chi connectivity index (χ3v) is 3.37. The average Bonchev–Trinajstić information content (AvgIpc) is 2.95. The van der Waals surface area contributed by atoms with Crippen LogP contribution in [0.4, 0.5) is 0 Å². The Labute approximate surface area is 124 Å². The van der Waals surface area contributed by atoms with Gasteiger partial charge in [-0.25, -0.2) is 4.79 Å². The minimum Gasteiger partial charge on any atom is -0.460 e. The maximum Gasteiger partial charge on any atom is 0.374 e. The van der Waals surface area contributed by atoms with Crippen LogP contribution in [0.25, 0.3) is 0 Å². The minimum absolute atomic E-state index is 0.0164. The molecule has 0 fully saturated rings. The van der Waals surface area contributed by atoms with Crippen LogP contribution in [-0.4, -0.2) is 18.5 Å². The fourth-order valence-electron chi connectivity index (χ4n) is 2.30. The molecule has 1 amide bonds. The number of nitrogens with one attached hydrogen (secondary N) is 1. The van der Waals surface area contributed by atoms with Crippen molar-refractivity contribution in [2.45, 2.75) is 45.6 Å². The third kappa shape index (κ3) is 4.77. The molecule has 5 nitrogen and oxygen atoms in total. The molecule has 1 aliphatic rings. The van der Waals surface area contributed by atoms with E-state index in [2.05, 4.69) is 11.4 Å². The van der Waals surface area contributed by atoms with E-state index in [-0.39, 0.29) is 18.2 Å². The molecular formula is C16H21NO4. The molecule has 0 atom stereocenters. The Balaban J connectivity index is 1.78. The number of furan rings is 1. The fraction of sp³-hybridized carbons (Fsp3) is 0.500. The normalized spacial score (nSPS) is 14.4. The van der Waals surface area contributed by atoms with Crippen molar-refractivity contribution < 1.29 is 18.7 Å². The van der Waals surface area contributed by atoms with Crippen LogP contribution in [0.1, 0.15) is 55.3 Å². The van der Waals surface area contributed by atoms with E-state index in [0.29, 0.717) is 18.8 Å². The summed E-state index contributed by atoms with van der Waals surface area (Å²) >= 11 is 0. The predicted molar refractivity (Wildman–Crippen MR) is 77.7 cm³/mol. The summed E-state index contributed by atoms with van der Waals surface area (Å²) < 4.78 is 10.2. The number of carbonyl (C=O) groups is 2. The highest BCUT2D eigenvalue weighted by atomic mass is 16.5. The average molecular weight is 291 g/mol. The van der Waals surface area contributed by atoms with Crippen LogP contribution in [0.5, 0.6) is 0 Å². The van der Waals surface area contributed by atoms with Gasteiger partial charge in [-0.05, 0) is 44.7 Å². The van der Waals surface area contributed by atoms with Crippen molar-refractivity contribution >= 4 is 11.9 Å². The Hall–Kier alpha value is -2.04. The largest absolute Gasteiger partial charge is 0.460 e. The van der Waals surface area contributed by atoms with Crippen LogP contribution in [0.2, 0.25) is 0 Å². The lowest BCUT2D eigenvalue weighted by atomic mass is 9.97.